The van der Waals surface area contributed by atoms with Crippen LogP contribution in [0.1, 0.15) is 12.8 Å². The van der Waals surface area contributed by atoms with Crippen LogP contribution in [0, 0.1) is 0 Å². The van der Waals surface area contributed by atoms with E-state index in [1.165, 1.54) is 12.8 Å². The van der Waals surface area contributed by atoms with Gasteiger partial charge in [0.2, 0.25) is 0 Å². The average Bonchev–Trinajstić information content (AvgIpc) is 3.74. The fourth-order valence-corrected chi connectivity index (χ4v) is 4.99. The van der Waals surface area contributed by atoms with Gasteiger partial charge in [-0.1, -0.05) is 12.1 Å². The molecule has 0 atom stereocenters. The van der Waals surface area contributed by atoms with E-state index in [0.717, 1.165) is 75.4 Å². The Labute approximate surface area is 212 Å². The summed E-state index contributed by atoms with van der Waals surface area (Å²) in [4.78, 5) is 19.8. The Hall–Kier alpha value is -4.50. The van der Waals surface area contributed by atoms with Gasteiger partial charge in [-0.3, -0.25) is 20.0 Å². The van der Waals surface area contributed by atoms with Crippen molar-refractivity contribution in [2.24, 2.45) is 0 Å². The number of ether oxygens (including phenoxy) is 1. The molecular formula is C28H25N7O2. The van der Waals surface area contributed by atoms with Crippen molar-refractivity contribution in [3.8, 4) is 39.7 Å². The maximum absolute atomic E-state index is 6.00. The highest BCUT2D eigenvalue weighted by Crippen LogP contribution is 2.33. The summed E-state index contributed by atoms with van der Waals surface area (Å²) in [5, 5.41) is 8.57. The number of para-hydroxylation sites is 1. The molecule has 7 rings (SSSR count). The Morgan fingerprint density at radius 2 is 1.95 bits per heavy atom. The van der Waals surface area contributed by atoms with Crippen molar-refractivity contribution in [3.63, 3.8) is 0 Å². The number of aromatic amines is 2. The standard InChI is InChI=1S/C28H25N7O2/c1-2-8-35(7-1)9-11-37-20-12-19(14-29-15-20)24-13-22-25(16-30-24)33-34-27(22)28-31-23-5-3-4-21(26(23)32-28)18-6-10-36-17-18/h3-6,10,12-17H,1-2,7-9,11H2,(H,31,32)(H,33,34). The minimum Gasteiger partial charge on any atom is -0.491 e. The lowest BCUT2D eigenvalue weighted by atomic mass is 10.1. The molecule has 6 aromatic rings. The third-order valence-electron chi connectivity index (χ3n) is 6.90. The van der Waals surface area contributed by atoms with Crippen molar-refractivity contribution in [1.82, 2.24) is 35.0 Å². The summed E-state index contributed by atoms with van der Waals surface area (Å²) in [6, 6.07) is 12.0. The van der Waals surface area contributed by atoms with E-state index >= 15 is 0 Å². The summed E-state index contributed by atoms with van der Waals surface area (Å²) in [6.07, 6.45) is 11.3. The van der Waals surface area contributed by atoms with Crippen LogP contribution >= 0.6 is 0 Å². The normalized spacial score (nSPS) is 14.2. The minimum atomic E-state index is 0.649. The molecule has 2 N–H and O–H groups in total. The fourth-order valence-electron chi connectivity index (χ4n) is 4.99. The van der Waals surface area contributed by atoms with Crippen LogP contribution in [0.2, 0.25) is 0 Å². The number of hydrogen-bond acceptors (Lipinski definition) is 7. The first-order valence-corrected chi connectivity index (χ1v) is 12.5. The number of benzene rings is 1. The van der Waals surface area contributed by atoms with Crippen LogP contribution in [-0.4, -0.2) is 61.3 Å². The van der Waals surface area contributed by atoms with Gasteiger partial charge in [-0.05, 0) is 50.2 Å². The predicted molar refractivity (Wildman–Crippen MR) is 141 cm³/mol. The lowest BCUT2D eigenvalue weighted by molar-refractivity contribution is 0.237. The highest BCUT2D eigenvalue weighted by molar-refractivity contribution is 5.97. The highest BCUT2D eigenvalue weighted by Gasteiger charge is 2.17. The van der Waals surface area contributed by atoms with Crippen molar-refractivity contribution in [1.29, 1.82) is 0 Å². The zero-order chi connectivity index (χ0) is 24.6. The second-order valence-electron chi connectivity index (χ2n) is 9.29. The Kier molecular flexibility index (Phi) is 5.40. The SMILES string of the molecule is c1cc(-c2ccoc2)c2nc(-c3n[nH]c4cnc(-c5cncc(OCCN6CCCC6)c5)cc34)[nH]c2c1. The van der Waals surface area contributed by atoms with Crippen molar-refractivity contribution >= 4 is 21.9 Å². The Morgan fingerprint density at radius 1 is 1.00 bits per heavy atom. The number of rotatable bonds is 7. The van der Waals surface area contributed by atoms with Crippen LogP contribution in [-0.2, 0) is 0 Å². The maximum atomic E-state index is 6.00. The molecule has 1 aliphatic rings. The molecule has 184 valence electrons. The van der Waals surface area contributed by atoms with Gasteiger partial charge in [-0.15, -0.1) is 0 Å². The van der Waals surface area contributed by atoms with Crippen molar-refractivity contribution in [2.45, 2.75) is 12.8 Å². The van der Waals surface area contributed by atoms with Crippen molar-refractivity contribution in [3.05, 3.63) is 67.5 Å². The van der Waals surface area contributed by atoms with Gasteiger partial charge in [0.1, 0.15) is 18.1 Å². The number of nitrogens with zero attached hydrogens (tertiary/aromatic N) is 5. The van der Waals surface area contributed by atoms with Crippen LogP contribution < -0.4 is 4.74 Å². The summed E-state index contributed by atoms with van der Waals surface area (Å²) in [6.45, 7) is 3.91. The number of likely N-dealkylation sites (tertiary alicyclic amines) is 1. The third kappa shape index (κ3) is 4.13. The molecule has 37 heavy (non-hydrogen) atoms. The minimum absolute atomic E-state index is 0.649. The number of H-pyrrole nitrogens is 2. The van der Waals surface area contributed by atoms with E-state index in [1.807, 2.05) is 36.4 Å². The maximum Gasteiger partial charge on any atom is 0.159 e. The zero-order valence-electron chi connectivity index (χ0n) is 20.1. The number of furan rings is 1. The summed E-state index contributed by atoms with van der Waals surface area (Å²) in [7, 11) is 0. The smallest absolute Gasteiger partial charge is 0.159 e. The summed E-state index contributed by atoms with van der Waals surface area (Å²) in [5.41, 5.74) is 7.04. The molecule has 5 aromatic heterocycles. The number of nitrogens with one attached hydrogen (secondary N) is 2. The van der Waals surface area contributed by atoms with Gasteiger partial charge in [0.15, 0.2) is 5.82 Å². The number of hydrogen-bond donors (Lipinski definition) is 2. The van der Waals surface area contributed by atoms with Crippen LogP contribution in [0.5, 0.6) is 5.75 Å². The number of pyridine rings is 2. The summed E-state index contributed by atoms with van der Waals surface area (Å²) < 4.78 is 11.3. The Morgan fingerprint density at radius 3 is 2.84 bits per heavy atom. The van der Waals surface area contributed by atoms with Gasteiger partial charge < -0.3 is 14.1 Å². The lowest BCUT2D eigenvalue weighted by Gasteiger charge is -2.15. The molecule has 0 bridgehead atoms. The van der Waals surface area contributed by atoms with E-state index in [-0.39, 0.29) is 0 Å². The molecule has 0 radical (unpaired) electrons. The molecule has 0 unspecified atom stereocenters. The summed E-state index contributed by atoms with van der Waals surface area (Å²) in [5.74, 6) is 1.43. The third-order valence-corrected chi connectivity index (χ3v) is 6.90. The highest BCUT2D eigenvalue weighted by atomic mass is 16.5. The number of imidazole rings is 1. The molecule has 0 saturated carbocycles. The van der Waals surface area contributed by atoms with Crippen LogP contribution in [0.25, 0.3) is 55.8 Å². The molecule has 1 saturated heterocycles. The Bertz CT molecular complexity index is 1680. The molecule has 0 amide bonds. The largest absolute Gasteiger partial charge is 0.491 e. The van der Waals surface area contributed by atoms with E-state index in [1.54, 1.807) is 31.1 Å². The van der Waals surface area contributed by atoms with Gasteiger partial charge in [-0.2, -0.15) is 5.10 Å². The molecule has 1 fully saturated rings. The van der Waals surface area contributed by atoms with Crippen LogP contribution in [0.15, 0.2) is 71.9 Å². The lowest BCUT2D eigenvalue weighted by Crippen LogP contribution is -2.25. The second-order valence-corrected chi connectivity index (χ2v) is 9.29. The molecule has 0 aliphatic carbocycles. The number of fused-ring (bicyclic) bond motifs is 2. The molecule has 9 nitrogen and oxygen atoms in total. The van der Waals surface area contributed by atoms with Crippen molar-refractivity contribution < 1.29 is 9.15 Å². The van der Waals surface area contributed by atoms with E-state index in [2.05, 4.69) is 30.0 Å². The number of aromatic nitrogens is 6. The average molecular weight is 492 g/mol. The first kappa shape index (κ1) is 21.8. The topological polar surface area (TPSA) is 109 Å². The van der Waals surface area contributed by atoms with Crippen LogP contribution in [0.4, 0.5) is 0 Å². The Balaban J connectivity index is 1.20. The first-order chi connectivity index (χ1) is 18.3. The van der Waals surface area contributed by atoms with Gasteiger partial charge in [0.25, 0.3) is 0 Å². The zero-order valence-corrected chi connectivity index (χ0v) is 20.1. The monoisotopic (exact) mass is 491 g/mol. The quantitative estimate of drug-likeness (QED) is 0.312. The van der Waals surface area contributed by atoms with Crippen LogP contribution in [0.3, 0.4) is 0 Å². The van der Waals surface area contributed by atoms with E-state index in [4.69, 9.17) is 14.1 Å². The molecule has 0 spiro atoms. The second kappa shape index (κ2) is 9.18. The molecule has 1 aliphatic heterocycles. The fraction of sp³-hybridized carbons (Fsp3) is 0.214. The first-order valence-electron chi connectivity index (χ1n) is 12.5. The van der Waals surface area contributed by atoms with E-state index in [0.29, 0.717) is 12.4 Å². The van der Waals surface area contributed by atoms with Gasteiger partial charge >= 0.3 is 0 Å². The van der Waals surface area contributed by atoms with Crippen molar-refractivity contribution in [2.75, 3.05) is 26.2 Å². The van der Waals surface area contributed by atoms with Gasteiger partial charge in [0.05, 0.1) is 47.2 Å². The van der Waals surface area contributed by atoms with Gasteiger partial charge in [-0.25, -0.2) is 4.98 Å². The molecule has 1 aromatic carbocycles. The molecule has 9 heteroatoms. The molecule has 6 heterocycles. The summed E-state index contributed by atoms with van der Waals surface area (Å²) >= 11 is 0. The van der Waals surface area contributed by atoms with E-state index < -0.39 is 0 Å². The van der Waals surface area contributed by atoms with E-state index in [9.17, 15) is 0 Å². The molecular weight excluding hydrogens is 466 g/mol. The predicted octanol–water partition coefficient (Wildman–Crippen LogP) is 5.30. The van der Waals surface area contributed by atoms with Gasteiger partial charge in [0, 0.05) is 34.8 Å².